The minimum absolute atomic E-state index is 0.00189. The first-order valence-electron chi connectivity index (χ1n) is 10.6. The first-order chi connectivity index (χ1) is 14.2. The molecule has 1 amide bonds. The van der Waals surface area contributed by atoms with Gasteiger partial charge >= 0.3 is 0 Å². The van der Waals surface area contributed by atoms with Gasteiger partial charge in [-0.25, -0.2) is 0 Å². The molecule has 29 heavy (non-hydrogen) atoms. The summed E-state index contributed by atoms with van der Waals surface area (Å²) in [5, 5.41) is 3.05. The average Bonchev–Trinajstić information content (AvgIpc) is 2.98. The van der Waals surface area contributed by atoms with Crippen molar-refractivity contribution in [2.45, 2.75) is 45.1 Å². The summed E-state index contributed by atoms with van der Waals surface area (Å²) in [6, 6.07) is 16.1. The molecule has 2 aromatic rings. The number of benzene rings is 2. The van der Waals surface area contributed by atoms with Crippen LogP contribution in [0.1, 0.15) is 50.6 Å². The predicted molar refractivity (Wildman–Crippen MR) is 117 cm³/mol. The van der Waals surface area contributed by atoms with Crippen molar-refractivity contribution >= 4 is 11.6 Å². The van der Waals surface area contributed by atoms with E-state index in [0.29, 0.717) is 13.2 Å². The van der Waals surface area contributed by atoms with Crippen molar-refractivity contribution in [2.24, 2.45) is 0 Å². The zero-order valence-electron chi connectivity index (χ0n) is 17.5. The van der Waals surface area contributed by atoms with Gasteiger partial charge in [0.2, 0.25) is 5.91 Å². The molecule has 0 aliphatic carbocycles. The number of ether oxygens (including phenoxy) is 2. The van der Waals surface area contributed by atoms with Crippen LogP contribution in [0.2, 0.25) is 0 Å². The Morgan fingerprint density at radius 1 is 1.10 bits per heavy atom. The first-order valence-corrected chi connectivity index (χ1v) is 10.6. The van der Waals surface area contributed by atoms with Crippen molar-refractivity contribution < 1.29 is 14.3 Å². The predicted octanol–water partition coefficient (Wildman–Crippen LogP) is 5.04. The second-order valence-electron chi connectivity index (χ2n) is 7.50. The Morgan fingerprint density at radius 3 is 2.66 bits per heavy atom. The number of carbonyl (C=O) groups excluding carboxylic acids is 1. The maximum Gasteiger partial charge on any atom is 0.238 e. The fraction of sp³-hybridized carbons (Fsp3) is 0.458. The zero-order valence-corrected chi connectivity index (χ0v) is 17.5. The molecule has 2 aromatic carbocycles. The van der Waals surface area contributed by atoms with E-state index in [1.54, 1.807) is 7.11 Å². The van der Waals surface area contributed by atoms with E-state index in [0.717, 1.165) is 43.0 Å². The Morgan fingerprint density at radius 2 is 1.90 bits per heavy atom. The summed E-state index contributed by atoms with van der Waals surface area (Å²) in [6.45, 7) is 4.01. The number of likely N-dealkylation sites (tertiary alicyclic amines) is 1. The SMILES string of the molecule is CCCOc1ccccc1NC(=O)CN1CCCCCC1c1ccc(OC)cc1. The number of methoxy groups -OCH3 is 1. The maximum atomic E-state index is 12.9. The van der Waals surface area contributed by atoms with Crippen molar-refractivity contribution in [1.29, 1.82) is 0 Å². The Kier molecular flexibility index (Phi) is 7.94. The van der Waals surface area contributed by atoms with Gasteiger partial charge in [0.1, 0.15) is 11.5 Å². The molecule has 1 N–H and O–H groups in total. The molecule has 5 heteroatoms. The smallest absolute Gasteiger partial charge is 0.238 e. The highest BCUT2D eigenvalue weighted by Gasteiger charge is 2.24. The van der Waals surface area contributed by atoms with Crippen LogP contribution in [0, 0.1) is 0 Å². The van der Waals surface area contributed by atoms with Crippen LogP contribution in [0.4, 0.5) is 5.69 Å². The maximum absolute atomic E-state index is 12.9. The number of nitrogens with zero attached hydrogens (tertiary/aromatic N) is 1. The van der Waals surface area contributed by atoms with Crippen molar-refractivity contribution in [1.82, 2.24) is 4.90 Å². The third-order valence-electron chi connectivity index (χ3n) is 5.33. The van der Waals surface area contributed by atoms with Crippen LogP contribution in [0.5, 0.6) is 11.5 Å². The van der Waals surface area contributed by atoms with Crippen molar-refractivity contribution in [3.05, 3.63) is 54.1 Å². The molecule has 1 aliphatic heterocycles. The fourth-order valence-electron chi connectivity index (χ4n) is 3.84. The summed E-state index contributed by atoms with van der Waals surface area (Å²) in [5.41, 5.74) is 1.98. The topological polar surface area (TPSA) is 50.8 Å². The van der Waals surface area contributed by atoms with E-state index in [4.69, 9.17) is 9.47 Å². The van der Waals surface area contributed by atoms with Crippen LogP contribution in [-0.4, -0.2) is 37.6 Å². The molecule has 1 heterocycles. The number of hydrogen-bond donors (Lipinski definition) is 1. The van der Waals surface area contributed by atoms with Crippen LogP contribution in [-0.2, 0) is 4.79 Å². The van der Waals surface area contributed by atoms with E-state index in [2.05, 4.69) is 29.3 Å². The number of hydrogen-bond acceptors (Lipinski definition) is 4. The molecule has 1 aliphatic rings. The summed E-state index contributed by atoms with van der Waals surface area (Å²) in [7, 11) is 1.68. The van der Waals surface area contributed by atoms with Gasteiger partial charge in [0, 0.05) is 6.04 Å². The molecule has 0 spiro atoms. The van der Waals surface area contributed by atoms with E-state index >= 15 is 0 Å². The fourth-order valence-corrected chi connectivity index (χ4v) is 3.84. The zero-order chi connectivity index (χ0) is 20.5. The highest BCUT2D eigenvalue weighted by atomic mass is 16.5. The standard InChI is InChI=1S/C24H32N2O3/c1-3-17-29-23-11-7-6-9-21(23)25-24(27)18-26-16-8-4-5-10-22(26)19-12-14-20(28-2)15-13-19/h6-7,9,11-15,22H,3-5,8,10,16-18H2,1-2H3,(H,25,27). The Hall–Kier alpha value is -2.53. The van der Waals surface area contributed by atoms with Gasteiger partial charge in [-0.15, -0.1) is 0 Å². The largest absolute Gasteiger partial charge is 0.497 e. The van der Waals surface area contributed by atoms with Crippen LogP contribution in [0.15, 0.2) is 48.5 Å². The second-order valence-corrected chi connectivity index (χ2v) is 7.50. The minimum Gasteiger partial charge on any atom is -0.497 e. The Balaban J connectivity index is 1.69. The van der Waals surface area contributed by atoms with Gasteiger partial charge in [0.25, 0.3) is 0 Å². The summed E-state index contributed by atoms with van der Waals surface area (Å²) in [6.07, 6.45) is 5.51. The van der Waals surface area contributed by atoms with Gasteiger partial charge < -0.3 is 14.8 Å². The lowest BCUT2D eigenvalue weighted by Crippen LogP contribution is -2.36. The molecule has 1 fully saturated rings. The second kappa shape index (κ2) is 10.9. The lowest BCUT2D eigenvalue weighted by molar-refractivity contribution is -0.117. The molecular weight excluding hydrogens is 364 g/mol. The van der Waals surface area contributed by atoms with Crippen LogP contribution in [0.25, 0.3) is 0 Å². The summed E-state index contributed by atoms with van der Waals surface area (Å²) >= 11 is 0. The molecule has 156 valence electrons. The van der Waals surface area contributed by atoms with Crippen LogP contribution < -0.4 is 14.8 Å². The summed E-state index contributed by atoms with van der Waals surface area (Å²) in [4.78, 5) is 15.2. The number of amides is 1. The molecule has 1 saturated heterocycles. The van der Waals surface area contributed by atoms with E-state index in [1.165, 1.54) is 18.4 Å². The van der Waals surface area contributed by atoms with E-state index in [-0.39, 0.29) is 11.9 Å². The van der Waals surface area contributed by atoms with Gasteiger partial charge in [-0.3, -0.25) is 9.69 Å². The summed E-state index contributed by atoms with van der Waals surface area (Å²) in [5.74, 6) is 1.58. The summed E-state index contributed by atoms with van der Waals surface area (Å²) < 4.78 is 11.1. The van der Waals surface area contributed by atoms with Crippen LogP contribution in [0.3, 0.4) is 0 Å². The average molecular weight is 397 g/mol. The van der Waals surface area contributed by atoms with Gasteiger partial charge in [-0.1, -0.05) is 44.0 Å². The monoisotopic (exact) mass is 396 g/mol. The molecule has 1 atom stereocenters. The number of rotatable bonds is 8. The molecule has 0 aromatic heterocycles. The Labute approximate surface area is 174 Å². The van der Waals surface area contributed by atoms with E-state index in [9.17, 15) is 4.79 Å². The lowest BCUT2D eigenvalue weighted by Gasteiger charge is -2.30. The highest BCUT2D eigenvalue weighted by molar-refractivity contribution is 5.93. The molecule has 0 radical (unpaired) electrons. The first kappa shape index (κ1) is 21.2. The normalized spacial score (nSPS) is 17.4. The lowest BCUT2D eigenvalue weighted by atomic mass is 10.0. The van der Waals surface area contributed by atoms with Crippen molar-refractivity contribution in [3.8, 4) is 11.5 Å². The number of carbonyl (C=O) groups is 1. The third-order valence-corrected chi connectivity index (χ3v) is 5.33. The Bertz CT molecular complexity index is 776. The molecule has 1 unspecified atom stereocenters. The minimum atomic E-state index is -0.00189. The van der Waals surface area contributed by atoms with E-state index in [1.807, 2.05) is 36.4 Å². The van der Waals surface area contributed by atoms with Gasteiger partial charge in [0.05, 0.1) is 25.9 Å². The van der Waals surface area contributed by atoms with Gasteiger partial charge in [0.15, 0.2) is 0 Å². The third kappa shape index (κ3) is 5.97. The molecule has 5 nitrogen and oxygen atoms in total. The van der Waals surface area contributed by atoms with Gasteiger partial charge in [-0.2, -0.15) is 0 Å². The molecule has 0 bridgehead atoms. The molecule has 3 rings (SSSR count). The molecular formula is C24H32N2O3. The quantitative estimate of drug-likeness (QED) is 0.679. The molecule has 0 saturated carbocycles. The number of anilines is 1. The van der Waals surface area contributed by atoms with Crippen molar-refractivity contribution in [3.63, 3.8) is 0 Å². The number of para-hydroxylation sites is 2. The van der Waals surface area contributed by atoms with Gasteiger partial charge in [-0.05, 0) is 55.6 Å². The van der Waals surface area contributed by atoms with Crippen molar-refractivity contribution in [2.75, 3.05) is 32.1 Å². The van der Waals surface area contributed by atoms with E-state index < -0.39 is 0 Å². The number of nitrogens with one attached hydrogen (secondary N) is 1. The van der Waals surface area contributed by atoms with Crippen LogP contribution >= 0.6 is 0 Å². The highest BCUT2D eigenvalue weighted by Crippen LogP contribution is 2.31.